The van der Waals surface area contributed by atoms with E-state index in [1.165, 1.54) is 109 Å². The molecule has 0 atom stereocenters. The fraction of sp³-hybridized carbons (Fsp3) is 0.0444. The van der Waals surface area contributed by atoms with E-state index in [4.69, 9.17) is 9.47 Å². The van der Waals surface area contributed by atoms with Crippen LogP contribution in [0.25, 0.3) is 12.2 Å². The highest BCUT2D eigenvalue weighted by Gasteiger charge is 2.20. The van der Waals surface area contributed by atoms with Crippen molar-refractivity contribution in [2.45, 2.75) is 9.79 Å². The van der Waals surface area contributed by atoms with E-state index in [-0.39, 0.29) is 43.9 Å². The van der Waals surface area contributed by atoms with Gasteiger partial charge in [-0.1, -0.05) is 60.7 Å². The Morgan fingerprint density at radius 2 is 0.845 bits per heavy atom. The van der Waals surface area contributed by atoms with Gasteiger partial charge >= 0.3 is 0 Å². The molecule has 0 bridgehead atoms. The van der Waals surface area contributed by atoms with Crippen LogP contribution >= 0.6 is 0 Å². The first-order chi connectivity index (χ1) is 27.8. The zero-order valence-electron chi connectivity index (χ0n) is 31.2. The number of sulfonamides is 2. The van der Waals surface area contributed by atoms with E-state index in [1.54, 1.807) is 62.8 Å². The molecule has 6 aromatic carbocycles. The molecule has 0 fully saturated rings. The summed E-state index contributed by atoms with van der Waals surface area (Å²) in [6.07, 6.45) is 6.12. The summed E-state index contributed by atoms with van der Waals surface area (Å²) in [4.78, 5) is 38.6. The molecule has 0 aliphatic carbocycles. The molecule has 0 amide bonds. The van der Waals surface area contributed by atoms with E-state index in [0.29, 0.717) is 22.6 Å². The summed E-state index contributed by atoms with van der Waals surface area (Å²) in [7, 11) is -5.25. The zero-order chi connectivity index (χ0) is 41.3. The maximum Gasteiger partial charge on any atom is 0.261 e. The number of ketones is 3. The largest absolute Gasteiger partial charge is 0.497 e. The quantitative estimate of drug-likeness (QED) is 0.0723. The van der Waals surface area contributed by atoms with Crippen LogP contribution in [-0.2, 0) is 20.0 Å². The van der Waals surface area contributed by atoms with Crippen LogP contribution in [0.3, 0.4) is 0 Å². The molecular formula is C45H36N2O9S2. The van der Waals surface area contributed by atoms with E-state index in [9.17, 15) is 31.2 Å². The van der Waals surface area contributed by atoms with Crippen LogP contribution in [0.15, 0.2) is 168 Å². The topological polar surface area (TPSA) is 162 Å². The highest BCUT2D eigenvalue weighted by molar-refractivity contribution is 7.93. The third-order valence-corrected chi connectivity index (χ3v) is 11.5. The van der Waals surface area contributed by atoms with E-state index in [1.807, 2.05) is 12.1 Å². The van der Waals surface area contributed by atoms with Crippen molar-refractivity contribution in [3.63, 3.8) is 0 Å². The van der Waals surface area contributed by atoms with Gasteiger partial charge in [0.1, 0.15) is 11.5 Å². The Morgan fingerprint density at radius 1 is 0.466 bits per heavy atom. The fourth-order valence-corrected chi connectivity index (χ4v) is 7.84. The number of benzene rings is 6. The molecule has 0 aromatic heterocycles. The van der Waals surface area contributed by atoms with Crippen molar-refractivity contribution in [3.05, 3.63) is 191 Å². The fourth-order valence-electron chi connectivity index (χ4n) is 5.64. The molecular weight excluding hydrogens is 777 g/mol. The maximum atomic E-state index is 13.6. The summed E-state index contributed by atoms with van der Waals surface area (Å²) in [5.41, 5.74) is 2.64. The van der Waals surface area contributed by atoms with Gasteiger partial charge in [0.15, 0.2) is 17.3 Å². The molecule has 0 aliphatic rings. The molecule has 6 rings (SSSR count). The average molecular weight is 813 g/mol. The van der Waals surface area contributed by atoms with Crippen LogP contribution in [0.2, 0.25) is 0 Å². The number of ether oxygens (including phenoxy) is 2. The second-order valence-electron chi connectivity index (χ2n) is 12.7. The number of hydrogen-bond acceptors (Lipinski definition) is 9. The van der Waals surface area contributed by atoms with E-state index < -0.39 is 25.8 Å². The molecule has 0 heterocycles. The Kier molecular flexibility index (Phi) is 12.4. The highest BCUT2D eigenvalue weighted by atomic mass is 32.2. The molecule has 0 saturated heterocycles. The summed E-state index contributed by atoms with van der Waals surface area (Å²) < 4.78 is 68.7. The Balaban J connectivity index is 1.10. The Hall–Kier alpha value is -7.09. The van der Waals surface area contributed by atoms with Gasteiger partial charge in [-0.15, -0.1) is 0 Å². The van der Waals surface area contributed by atoms with Gasteiger partial charge in [-0.25, -0.2) is 16.8 Å². The number of hydrogen-bond donors (Lipinski definition) is 2. The molecule has 0 radical (unpaired) electrons. The summed E-state index contributed by atoms with van der Waals surface area (Å²) >= 11 is 0. The summed E-state index contributed by atoms with van der Waals surface area (Å²) in [5.74, 6) is 0.132. The minimum Gasteiger partial charge on any atom is -0.497 e. The molecule has 0 aliphatic heterocycles. The van der Waals surface area contributed by atoms with Crippen molar-refractivity contribution >= 4 is 60.9 Å². The number of carbonyl (C=O) groups is 3. The summed E-state index contributed by atoms with van der Waals surface area (Å²) in [5, 5.41) is 0. The van der Waals surface area contributed by atoms with Crippen molar-refractivity contribution in [3.8, 4) is 11.5 Å². The molecule has 0 unspecified atom stereocenters. The van der Waals surface area contributed by atoms with Crippen molar-refractivity contribution in [2.24, 2.45) is 0 Å². The van der Waals surface area contributed by atoms with Gasteiger partial charge in [0.05, 0.1) is 24.0 Å². The second kappa shape index (κ2) is 17.8. The molecule has 6 aromatic rings. The van der Waals surface area contributed by atoms with Gasteiger partial charge in [-0.2, -0.15) is 0 Å². The number of nitrogens with one attached hydrogen (secondary N) is 2. The number of anilines is 2. The van der Waals surface area contributed by atoms with Gasteiger partial charge in [-0.3, -0.25) is 23.8 Å². The predicted octanol–water partition coefficient (Wildman–Crippen LogP) is 8.33. The Labute approximate surface area is 336 Å². The molecule has 0 spiro atoms. The molecule has 13 heteroatoms. The smallest absolute Gasteiger partial charge is 0.261 e. The highest BCUT2D eigenvalue weighted by Crippen LogP contribution is 2.23. The Bertz CT molecular complexity index is 2590. The standard InChI is InChI=1S/C45H36N2O9S2/c1-55-39-11-3-7-31(27-39)15-25-43(48)33-17-21-37(22-18-33)46-57(51,52)41-13-5-9-35(29-41)45(50)36-10-6-14-42(30-36)58(53,54)47-38-23-19-34(20-24-38)44(49)26-16-32-8-4-12-40(28-32)56-2/h3-30,46-47H,1-2H3/b25-15+,26-16+. The lowest BCUT2D eigenvalue weighted by Crippen LogP contribution is -2.15. The monoisotopic (exact) mass is 812 g/mol. The normalized spacial score (nSPS) is 11.6. The first-order valence-corrected chi connectivity index (χ1v) is 20.5. The van der Waals surface area contributed by atoms with E-state index in [2.05, 4.69) is 9.44 Å². The lowest BCUT2D eigenvalue weighted by Gasteiger charge is -2.11. The average Bonchev–Trinajstić information content (AvgIpc) is 3.25. The van der Waals surface area contributed by atoms with Gasteiger partial charge in [0.25, 0.3) is 20.0 Å². The van der Waals surface area contributed by atoms with E-state index >= 15 is 0 Å². The third-order valence-electron chi connectivity index (χ3n) is 8.70. The van der Waals surface area contributed by atoms with Crippen LogP contribution in [-0.4, -0.2) is 48.4 Å². The number of rotatable bonds is 16. The molecule has 2 N–H and O–H groups in total. The minimum atomic E-state index is -4.18. The third kappa shape index (κ3) is 10.2. The van der Waals surface area contributed by atoms with Crippen LogP contribution in [0.5, 0.6) is 11.5 Å². The van der Waals surface area contributed by atoms with Crippen molar-refractivity contribution in [1.82, 2.24) is 0 Å². The first kappa shape index (κ1) is 40.6. The zero-order valence-corrected chi connectivity index (χ0v) is 32.8. The molecule has 11 nitrogen and oxygen atoms in total. The van der Waals surface area contributed by atoms with Crippen LogP contribution in [0, 0.1) is 0 Å². The lowest BCUT2D eigenvalue weighted by atomic mass is 10.0. The molecule has 58 heavy (non-hydrogen) atoms. The van der Waals surface area contributed by atoms with E-state index in [0.717, 1.165) is 11.1 Å². The minimum absolute atomic E-state index is 0.00913. The number of methoxy groups -OCH3 is 2. The van der Waals surface area contributed by atoms with Gasteiger partial charge in [0, 0.05) is 33.6 Å². The molecule has 292 valence electrons. The Morgan fingerprint density at radius 3 is 1.22 bits per heavy atom. The number of allylic oxidation sites excluding steroid dienone is 2. The molecule has 0 saturated carbocycles. The maximum absolute atomic E-state index is 13.6. The van der Waals surface area contributed by atoms with Crippen molar-refractivity contribution < 1.29 is 40.7 Å². The predicted molar refractivity (Wildman–Crippen MR) is 224 cm³/mol. The van der Waals surface area contributed by atoms with Crippen LogP contribution < -0.4 is 18.9 Å². The second-order valence-corrected chi connectivity index (χ2v) is 16.1. The summed E-state index contributed by atoms with van der Waals surface area (Å²) in [6.45, 7) is 0. The lowest BCUT2D eigenvalue weighted by molar-refractivity contribution is 0.103. The SMILES string of the molecule is COc1cccc(/C=C/C(=O)c2ccc(NS(=O)(=O)c3cccc(C(=O)c4cccc(S(=O)(=O)Nc5ccc(C(=O)/C=C/c6cccc(OC)c6)cc5)c4)c3)cc2)c1. The van der Waals surface area contributed by atoms with Crippen molar-refractivity contribution in [1.29, 1.82) is 0 Å². The van der Waals surface area contributed by atoms with Crippen LogP contribution in [0.1, 0.15) is 47.8 Å². The van der Waals surface area contributed by atoms with Gasteiger partial charge in [0.2, 0.25) is 0 Å². The number of carbonyl (C=O) groups excluding carboxylic acids is 3. The summed E-state index contributed by atoms with van der Waals surface area (Å²) in [6, 6.07) is 36.9. The van der Waals surface area contributed by atoms with Gasteiger partial charge < -0.3 is 9.47 Å². The van der Waals surface area contributed by atoms with Crippen LogP contribution in [0.4, 0.5) is 11.4 Å². The van der Waals surface area contributed by atoms with Crippen molar-refractivity contribution in [2.75, 3.05) is 23.7 Å². The first-order valence-electron chi connectivity index (χ1n) is 17.6. The van der Waals surface area contributed by atoms with Gasteiger partial charge in [-0.05, 0) is 120 Å².